The van der Waals surface area contributed by atoms with E-state index in [1.165, 1.54) is 0 Å². The van der Waals surface area contributed by atoms with Crippen molar-refractivity contribution in [3.63, 3.8) is 0 Å². The maximum absolute atomic E-state index is 12.6. The molecule has 2 N–H and O–H groups in total. The van der Waals surface area contributed by atoms with E-state index in [1.54, 1.807) is 6.20 Å². The molecular weight excluding hydrogens is 392 g/mol. The van der Waals surface area contributed by atoms with Crippen LogP contribution in [0.25, 0.3) is 11.1 Å². The van der Waals surface area contributed by atoms with E-state index in [2.05, 4.69) is 30.1 Å². The molecule has 0 saturated carbocycles. The number of carboxylic acids is 2. The SMILES string of the molecule is CC(c1ccc2c(c1)S(=O)c1ccccc1-2)n1ccnc1.O=C(O)/C=C/C(=O)O. The monoisotopic (exact) mass is 410 g/mol. The number of nitrogens with zero attached hydrogens (tertiary/aromatic N) is 2. The zero-order valence-corrected chi connectivity index (χ0v) is 16.2. The second-order valence-corrected chi connectivity index (χ2v) is 7.63. The summed E-state index contributed by atoms with van der Waals surface area (Å²) in [4.78, 5) is 25.0. The first-order valence-electron chi connectivity index (χ1n) is 8.65. The first-order chi connectivity index (χ1) is 13.9. The summed E-state index contributed by atoms with van der Waals surface area (Å²) in [6.07, 6.45) is 6.65. The molecule has 29 heavy (non-hydrogen) atoms. The number of hydrogen-bond donors (Lipinski definition) is 2. The molecule has 0 amide bonds. The molecule has 2 heterocycles. The molecule has 0 radical (unpaired) electrons. The quantitative estimate of drug-likeness (QED) is 0.499. The van der Waals surface area contributed by atoms with Gasteiger partial charge in [-0.25, -0.2) is 18.8 Å². The van der Waals surface area contributed by atoms with Crippen molar-refractivity contribution in [3.8, 4) is 11.1 Å². The lowest BCUT2D eigenvalue weighted by atomic mass is 10.0. The van der Waals surface area contributed by atoms with Crippen LogP contribution < -0.4 is 0 Å². The first kappa shape index (κ1) is 20.2. The summed E-state index contributed by atoms with van der Waals surface area (Å²) >= 11 is 0. The summed E-state index contributed by atoms with van der Waals surface area (Å²) in [7, 11) is -1.07. The van der Waals surface area contributed by atoms with Crippen molar-refractivity contribution in [1.29, 1.82) is 0 Å². The Balaban J connectivity index is 0.000000258. The summed E-state index contributed by atoms with van der Waals surface area (Å²) in [5.74, 6) is -2.51. The van der Waals surface area contributed by atoms with Gasteiger partial charge in [0.25, 0.3) is 0 Å². The molecule has 1 aliphatic heterocycles. The summed E-state index contributed by atoms with van der Waals surface area (Å²) in [6, 6.07) is 14.4. The van der Waals surface area contributed by atoms with Gasteiger partial charge in [-0.15, -0.1) is 0 Å². The number of aromatic nitrogens is 2. The predicted molar refractivity (Wildman–Crippen MR) is 107 cm³/mol. The van der Waals surface area contributed by atoms with Crippen LogP contribution in [-0.2, 0) is 20.4 Å². The molecule has 0 fully saturated rings. The van der Waals surface area contributed by atoms with Gasteiger partial charge in [0.15, 0.2) is 0 Å². The van der Waals surface area contributed by atoms with E-state index in [1.807, 2.05) is 41.4 Å². The number of carbonyl (C=O) groups is 2. The van der Waals surface area contributed by atoms with Gasteiger partial charge in [-0.3, -0.25) is 0 Å². The number of rotatable bonds is 4. The maximum Gasteiger partial charge on any atom is 0.328 e. The molecule has 1 aliphatic rings. The van der Waals surface area contributed by atoms with Gasteiger partial charge in [-0.2, -0.15) is 0 Å². The molecule has 0 saturated heterocycles. The predicted octanol–water partition coefficient (Wildman–Crippen LogP) is 3.35. The minimum absolute atomic E-state index is 0.179. The number of fused-ring (bicyclic) bond motifs is 3. The second kappa shape index (κ2) is 8.66. The third-order valence-corrected chi connectivity index (χ3v) is 5.90. The van der Waals surface area contributed by atoms with Crippen LogP contribution in [0.15, 0.2) is 83.1 Å². The molecule has 0 bridgehead atoms. The van der Waals surface area contributed by atoms with E-state index >= 15 is 0 Å². The fraction of sp³-hybridized carbons (Fsp3) is 0.0952. The van der Waals surface area contributed by atoms with Crippen LogP contribution in [0.1, 0.15) is 18.5 Å². The van der Waals surface area contributed by atoms with Crippen LogP contribution in [0, 0.1) is 0 Å². The van der Waals surface area contributed by atoms with Gasteiger partial charge >= 0.3 is 11.9 Å². The highest BCUT2D eigenvalue weighted by atomic mass is 32.2. The molecule has 3 aromatic rings. The summed E-state index contributed by atoms with van der Waals surface area (Å²) in [5, 5.41) is 15.6. The molecule has 148 valence electrons. The third kappa shape index (κ3) is 4.49. The van der Waals surface area contributed by atoms with Crippen molar-refractivity contribution in [1.82, 2.24) is 9.55 Å². The highest BCUT2D eigenvalue weighted by molar-refractivity contribution is 7.85. The Bertz CT molecular complexity index is 1090. The second-order valence-electron chi connectivity index (χ2n) is 6.22. The van der Waals surface area contributed by atoms with Crippen LogP contribution in [0.3, 0.4) is 0 Å². The van der Waals surface area contributed by atoms with Gasteiger partial charge < -0.3 is 14.8 Å². The van der Waals surface area contributed by atoms with Gasteiger partial charge in [-0.1, -0.05) is 30.3 Å². The van der Waals surface area contributed by atoms with Crippen LogP contribution in [0.5, 0.6) is 0 Å². The Hall–Kier alpha value is -3.52. The van der Waals surface area contributed by atoms with Gasteiger partial charge in [-0.05, 0) is 35.7 Å². The standard InChI is InChI=1S/C17H14N2OS.C4H4O4/c1-12(19-9-8-18-11-19)13-6-7-15-14-4-2-3-5-16(14)21(20)17(15)10-13;5-3(6)1-2-4(7)8/h2-12H,1H3;1-2H,(H,5,6)(H,7,8)/b;2-1+. The Morgan fingerprint density at radius 2 is 1.69 bits per heavy atom. The average Bonchev–Trinajstić information content (AvgIpc) is 3.34. The average molecular weight is 410 g/mol. The zero-order chi connectivity index (χ0) is 21.0. The van der Waals surface area contributed by atoms with E-state index in [4.69, 9.17) is 10.2 Å². The fourth-order valence-corrected chi connectivity index (χ4v) is 4.39. The Morgan fingerprint density at radius 1 is 1.03 bits per heavy atom. The Morgan fingerprint density at radius 3 is 2.31 bits per heavy atom. The van der Waals surface area contributed by atoms with Crippen LogP contribution in [0.4, 0.5) is 0 Å². The van der Waals surface area contributed by atoms with Gasteiger partial charge in [0.1, 0.15) is 0 Å². The molecular formula is C21H18N2O5S. The number of benzene rings is 2. The van der Waals surface area contributed by atoms with E-state index in [-0.39, 0.29) is 6.04 Å². The highest BCUT2D eigenvalue weighted by Crippen LogP contribution is 2.41. The van der Waals surface area contributed by atoms with Gasteiger partial charge in [0, 0.05) is 24.5 Å². The summed E-state index contributed by atoms with van der Waals surface area (Å²) < 4.78 is 14.7. The van der Waals surface area contributed by atoms with E-state index < -0.39 is 22.7 Å². The molecule has 2 atom stereocenters. The molecule has 2 aromatic carbocycles. The van der Waals surface area contributed by atoms with Crippen molar-refractivity contribution in [2.75, 3.05) is 0 Å². The number of carboxylic acid groups (broad SMARTS) is 2. The first-order valence-corrected chi connectivity index (χ1v) is 9.80. The van der Waals surface area contributed by atoms with E-state index in [0.29, 0.717) is 12.2 Å². The van der Waals surface area contributed by atoms with Crippen LogP contribution in [0.2, 0.25) is 0 Å². The molecule has 1 aromatic heterocycles. The van der Waals surface area contributed by atoms with Crippen molar-refractivity contribution in [2.45, 2.75) is 22.8 Å². The molecule has 8 heteroatoms. The zero-order valence-electron chi connectivity index (χ0n) is 15.4. The van der Waals surface area contributed by atoms with Crippen molar-refractivity contribution >= 4 is 22.7 Å². The Kier molecular flexibility index (Phi) is 6.04. The molecule has 0 spiro atoms. The molecule has 0 aliphatic carbocycles. The van der Waals surface area contributed by atoms with E-state index in [0.717, 1.165) is 26.5 Å². The largest absolute Gasteiger partial charge is 0.478 e. The normalized spacial score (nSPS) is 15.1. The van der Waals surface area contributed by atoms with Crippen molar-refractivity contribution in [2.24, 2.45) is 0 Å². The lowest BCUT2D eigenvalue weighted by Gasteiger charge is -2.14. The maximum atomic E-state index is 12.6. The van der Waals surface area contributed by atoms with Crippen molar-refractivity contribution < 1.29 is 24.0 Å². The van der Waals surface area contributed by atoms with Crippen molar-refractivity contribution in [3.05, 3.63) is 78.9 Å². The molecule has 2 unspecified atom stereocenters. The lowest BCUT2D eigenvalue weighted by Crippen LogP contribution is -2.04. The minimum atomic E-state index is -1.26. The number of hydrogen-bond acceptors (Lipinski definition) is 4. The van der Waals surface area contributed by atoms with Crippen LogP contribution >= 0.6 is 0 Å². The summed E-state index contributed by atoms with van der Waals surface area (Å²) in [5.41, 5.74) is 3.33. The van der Waals surface area contributed by atoms with Crippen LogP contribution in [-0.4, -0.2) is 35.9 Å². The summed E-state index contributed by atoms with van der Waals surface area (Å²) in [6.45, 7) is 2.12. The highest BCUT2D eigenvalue weighted by Gasteiger charge is 2.25. The number of aliphatic carboxylic acids is 2. The molecule has 4 rings (SSSR count). The Labute approximate surface area is 169 Å². The lowest BCUT2D eigenvalue weighted by molar-refractivity contribution is -0.134. The van der Waals surface area contributed by atoms with Gasteiger partial charge in [0.05, 0.1) is 33.0 Å². The number of imidazole rings is 1. The molecule has 7 nitrogen and oxygen atoms in total. The fourth-order valence-electron chi connectivity index (χ4n) is 2.96. The van der Waals surface area contributed by atoms with Gasteiger partial charge in [0.2, 0.25) is 0 Å². The third-order valence-electron chi connectivity index (χ3n) is 4.41. The topological polar surface area (TPSA) is 109 Å². The minimum Gasteiger partial charge on any atom is -0.478 e. The smallest absolute Gasteiger partial charge is 0.328 e. The van der Waals surface area contributed by atoms with E-state index in [9.17, 15) is 13.8 Å².